The van der Waals surface area contributed by atoms with Gasteiger partial charge in [-0.15, -0.1) is 0 Å². The van der Waals surface area contributed by atoms with E-state index in [4.69, 9.17) is 0 Å². The number of carbonyl (C=O) groups is 2. The van der Waals surface area contributed by atoms with Gasteiger partial charge in [-0.3, -0.25) is 19.4 Å². The van der Waals surface area contributed by atoms with Crippen molar-refractivity contribution in [3.05, 3.63) is 57.5 Å². The Morgan fingerprint density at radius 2 is 2.07 bits per heavy atom. The topological polar surface area (TPSA) is 89.6 Å². The average molecular weight is 395 g/mol. The van der Waals surface area contributed by atoms with Crippen LogP contribution in [0.25, 0.3) is 0 Å². The summed E-state index contributed by atoms with van der Waals surface area (Å²) in [5.74, 6) is 0.604. The van der Waals surface area contributed by atoms with Crippen LogP contribution in [0.5, 0.6) is 0 Å². The Morgan fingerprint density at radius 1 is 1.28 bits per heavy atom. The van der Waals surface area contributed by atoms with E-state index in [-0.39, 0.29) is 23.3 Å². The van der Waals surface area contributed by atoms with E-state index in [1.807, 2.05) is 43.3 Å². The van der Waals surface area contributed by atoms with E-state index in [0.717, 1.165) is 23.2 Å². The van der Waals surface area contributed by atoms with Crippen molar-refractivity contribution in [2.75, 3.05) is 38.6 Å². The maximum atomic E-state index is 12.7. The van der Waals surface area contributed by atoms with Crippen molar-refractivity contribution in [1.29, 1.82) is 0 Å². The third-order valence-electron chi connectivity index (χ3n) is 5.62. The number of amides is 2. The molecule has 1 aromatic heterocycles. The molecule has 1 N–H and O–H groups in total. The van der Waals surface area contributed by atoms with Crippen LogP contribution in [0.3, 0.4) is 0 Å². The van der Waals surface area contributed by atoms with Crippen LogP contribution >= 0.6 is 0 Å². The Labute approximate surface area is 169 Å². The quantitative estimate of drug-likeness (QED) is 0.822. The fourth-order valence-electron chi connectivity index (χ4n) is 4.00. The van der Waals surface area contributed by atoms with Crippen molar-refractivity contribution in [2.24, 2.45) is 0 Å². The number of nitrogens with one attached hydrogen (secondary N) is 1. The lowest BCUT2D eigenvalue weighted by Gasteiger charge is -2.20. The molecule has 2 aliphatic heterocycles. The highest BCUT2D eigenvalue weighted by atomic mass is 16.2. The Morgan fingerprint density at radius 3 is 2.83 bits per heavy atom. The first kappa shape index (κ1) is 19.2. The van der Waals surface area contributed by atoms with E-state index in [0.29, 0.717) is 38.5 Å². The highest BCUT2D eigenvalue weighted by Crippen LogP contribution is 2.27. The minimum absolute atomic E-state index is 0.00313. The van der Waals surface area contributed by atoms with Crippen molar-refractivity contribution < 1.29 is 9.59 Å². The Kier molecular flexibility index (Phi) is 5.08. The van der Waals surface area contributed by atoms with Crippen LogP contribution < -0.4 is 10.5 Å². The van der Waals surface area contributed by atoms with Crippen LogP contribution in [0.15, 0.2) is 35.1 Å². The molecule has 2 aromatic rings. The van der Waals surface area contributed by atoms with Crippen molar-refractivity contribution >= 4 is 17.8 Å². The Balaban J connectivity index is 1.35. The van der Waals surface area contributed by atoms with Crippen LogP contribution in [0, 0.1) is 0 Å². The second-order valence-corrected chi connectivity index (χ2v) is 7.85. The molecule has 3 heterocycles. The van der Waals surface area contributed by atoms with Gasteiger partial charge >= 0.3 is 0 Å². The van der Waals surface area contributed by atoms with Gasteiger partial charge < -0.3 is 14.7 Å². The maximum absolute atomic E-state index is 12.7. The monoisotopic (exact) mass is 395 g/mol. The first-order valence-corrected chi connectivity index (χ1v) is 9.86. The number of anilines is 1. The smallest absolute Gasteiger partial charge is 0.254 e. The lowest BCUT2D eigenvalue weighted by Crippen LogP contribution is -2.33. The fraction of sp³-hybridized carbons (Fsp3) is 0.429. The molecule has 1 unspecified atom stereocenters. The number of carbonyl (C=O) groups excluding carboxylic acids is 2. The number of aromatic nitrogens is 2. The minimum Gasteiger partial charge on any atom is -0.348 e. The zero-order chi connectivity index (χ0) is 20.5. The number of fused-ring (bicyclic) bond motifs is 1. The van der Waals surface area contributed by atoms with Crippen LogP contribution in [0.1, 0.15) is 40.4 Å². The molecule has 4 rings (SSSR count). The van der Waals surface area contributed by atoms with Crippen molar-refractivity contribution in [2.45, 2.75) is 25.3 Å². The number of hydrogen-bond acceptors (Lipinski definition) is 5. The summed E-state index contributed by atoms with van der Waals surface area (Å²) >= 11 is 0. The van der Waals surface area contributed by atoms with Crippen molar-refractivity contribution in [1.82, 2.24) is 19.8 Å². The molecule has 0 saturated carbocycles. The second kappa shape index (κ2) is 7.69. The van der Waals surface area contributed by atoms with Gasteiger partial charge in [0, 0.05) is 64.2 Å². The number of nitrogens with zero attached hydrogens (tertiary/aromatic N) is 4. The molecule has 2 aliphatic rings. The van der Waals surface area contributed by atoms with Gasteiger partial charge in [-0.05, 0) is 18.1 Å². The molecular formula is C21H25N5O3. The van der Waals surface area contributed by atoms with E-state index in [1.54, 1.807) is 9.80 Å². The summed E-state index contributed by atoms with van der Waals surface area (Å²) in [7, 11) is 3.65. The zero-order valence-electron chi connectivity index (χ0n) is 16.7. The molecule has 152 valence electrons. The zero-order valence-corrected chi connectivity index (χ0v) is 16.7. The lowest BCUT2D eigenvalue weighted by atomic mass is 10.1. The van der Waals surface area contributed by atoms with Gasteiger partial charge in [-0.2, -0.15) is 0 Å². The molecule has 0 aliphatic carbocycles. The van der Waals surface area contributed by atoms with Gasteiger partial charge in [-0.25, -0.2) is 4.98 Å². The predicted octanol–water partition coefficient (Wildman–Crippen LogP) is 1.20. The van der Waals surface area contributed by atoms with E-state index in [1.165, 1.54) is 6.07 Å². The van der Waals surface area contributed by atoms with E-state index >= 15 is 0 Å². The second-order valence-electron chi connectivity index (χ2n) is 7.85. The molecule has 1 fully saturated rings. The summed E-state index contributed by atoms with van der Waals surface area (Å²) in [5, 5.41) is 0. The van der Waals surface area contributed by atoms with E-state index < -0.39 is 0 Å². The first-order valence-electron chi connectivity index (χ1n) is 9.86. The lowest BCUT2D eigenvalue weighted by molar-refractivity contribution is -0.130. The number of likely N-dealkylation sites (tertiary alicyclic amines) is 1. The number of hydrogen-bond donors (Lipinski definition) is 1. The van der Waals surface area contributed by atoms with Gasteiger partial charge in [0.05, 0.1) is 5.69 Å². The summed E-state index contributed by atoms with van der Waals surface area (Å²) in [6.45, 7) is 2.18. The molecule has 1 saturated heterocycles. The van der Waals surface area contributed by atoms with Gasteiger partial charge in [0.1, 0.15) is 0 Å². The molecule has 1 atom stereocenters. The molecule has 29 heavy (non-hydrogen) atoms. The Bertz CT molecular complexity index is 1000. The molecule has 2 amide bonds. The number of H-pyrrole nitrogens is 1. The number of rotatable bonds is 5. The van der Waals surface area contributed by atoms with Crippen LogP contribution in [0.2, 0.25) is 0 Å². The van der Waals surface area contributed by atoms with Crippen LogP contribution in [-0.2, 0) is 11.3 Å². The average Bonchev–Trinajstić information content (AvgIpc) is 3.31. The largest absolute Gasteiger partial charge is 0.348 e. The summed E-state index contributed by atoms with van der Waals surface area (Å²) in [5.41, 5.74) is 2.29. The van der Waals surface area contributed by atoms with Crippen LogP contribution in [0.4, 0.5) is 5.95 Å². The summed E-state index contributed by atoms with van der Waals surface area (Å²) < 4.78 is 0. The third kappa shape index (κ3) is 3.87. The van der Waals surface area contributed by atoms with Crippen LogP contribution in [-0.4, -0.2) is 65.3 Å². The summed E-state index contributed by atoms with van der Waals surface area (Å²) in [6.07, 6.45) is 1.08. The third-order valence-corrected chi connectivity index (χ3v) is 5.62. The molecule has 0 bridgehead atoms. The highest BCUT2D eigenvalue weighted by molar-refractivity contribution is 5.98. The minimum atomic E-state index is -0.185. The molecular weight excluding hydrogens is 370 g/mol. The molecule has 0 radical (unpaired) electrons. The molecule has 8 nitrogen and oxygen atoms in total. The number of aromatic amines is 1. The van der Waals surface area contributed by atoms with Crippen molar-refractivity contribution in [3.8, 4) is 0 Å². The van der Waals surface area contributed by atoms with Gasteiger partial charge in [0.25, 0.3) is 11.5 Å². The highest BCUT2D eigenvalue weighted by Gasteiger charge is 2.31. The summed E-state index contributed by atoms with van der Waals surface area (Å²) in [6, 6.07) is 9.10. The molecule has 8 heteroatoms. The maximum Gasteiger partial charge on any atom is 0.254 e. The number of benzene rings is 1. The van der Waals surface area contributed by atoms with Gasteiger partial charge in [0.2, 0.25) is 11.9 Å². The molecule has 1 aromatic carbocycles. The van der Waals surface area contributed by atoms with E-state index in [2.05, 4.69) is 9.97 Å². The molecule has 0 spiro atoms. The summed E-state index contributed by atoms with van der Waals surface area (Å²) in [4.78, 5) is 49.6. The van der Waals surface area contributed by atoms with Gasteiger partial charge in [0.15, 0.2) is 0 Å². The normalized spacial score (nSPS) is 18.3. The van der Waals surface area contributed by atoms with Crippen molar-refractivity contribution in [3.63, 3.8) is 0 Å². The first-order chi connectivity index (χ1) is 13.9. The standard InChI is InChI=1S/C21H25N5O3/c1-24(2)21-22-17(11-18(27)23-21)15-7-9-25(13-15)19(28)8-10-26-12-14-5-3-4-6-16(14)20(26)29/h3-6,11,15H,7-10,12-13H2,1-2H3,(H,22,23,27). The van der Waals surface area contributed by atoms with Gasteiger partial charge in [-0.1, -0.05) is 18.2 Å². The predicted molar refractivity (Wildman–Crippen MR) is 109 cm³/mol. The fourth-order valence-corrected chi connectivity index (χ4v) is 4.00. The van der Waals surface area contributed by atoms with E-state index in [9.17, 15) is 14.4 Å². The Hall–Kier alpha value is -3.16. The SMILES string of the molecule is CN(C)c1nc(C2CCN(C(=O)CCN3Cc4ccccc4C3=O)C2)cc(=O)[nH]1.